The van der Waals surface area contributed by atoms with Crippen molar-refractivity contribution in [2.75, 3.05) is 0 Å². The fraction of sp³-hybridized carbons (Fsp3) is 0.548. The molecule has 0 spiro atoms. The molecule has 0 aromatic heterocycles. The number of fused-ring (bicyclic) bond motifs is 2. The molecule has 0 radical (unpaired) electrons. The summed E-state index contributed by atoms with van der Waals surface area (Å²) in [5.74, 6) is -0.888. The zero-order chi connectivity index (χ0) is 35.8. The number of phenols is 3. The number of hydrogen-bond acceptors (Lipinski definition) is 7. The maximum atomic E-state index is 14.4. The first-order chi connectivity index (χ1) is 23.1. The van der Waals surface area contributed by atoms with Crippen LogP contribution in [0.4, 0.5) is 0 Å². The first kappa shape index (κ1) is 36.6. The van der Waals surface area contributed by atoms with E-state index in [9.17, 15) is 25.2 Å². The summed E-state index contributed by atoms with van der Waals surface area (Å²) in [6, 6.07) is 5.29. The van der Waals surface area contributed by atoms with Gasteiger partial charge in [-0.15, -0.1) is 0 Å². The lowest BCUT2D eigenvalue weighted by molar-refractivity contribution is -0.0694. The zero-order valence-corrected chi connectivity index (χ0v) is 30.5. The Morgan fingerprint density at radius 2 is 1.71 bits per heavy atom. The highest BCUT2D eigenvalue weighted by Gasteiger charge is 2.50. The number of carbonyl (C=O) groups excluding carboxylic acids is 1. The molecule has 7 nitrogen and oxygen atoms in total. The quantitative estimate of drug-likeness (QED) is 0.107. The van der Waals surface area contributed by atoms with Gasteiger partial charge in [0.15, 0.2) is 0 Å². The molecule has 0 fully saturated rings. The molecule has 2 aromatic rings. The van der Waals surface area contributed by atoms with E-state index in [1.54, 1.807) is 19.1 Å². The summed E-state index contributed by atoms with van der Waals surface area (Å²) >= 11 is 0. The summed E-state index contributed by atoms with van der Waals surface area (Å²) in [6.07, 6.45) is 9.25. The maximum absolute atomic E-state index is 14.4. The molecule has 49 heavy (non-hydrogen) atoms. The van der Waals surface area contributed by atoms with E-state index >= 15 is 0 Å². The highest BCUT2D eigenvalue weighted by molar-refractivity contribution is 5.96. The van der Waals surface area contributed by atoms with Crippen molar-refractivity contribution in [3.8, 4) is 23.0 Å². The Morgan fingerprint density at radius 3 is 2.39 bits per heavy atom. The third kappa shape index (κ3) is 7.01. The number of aliphatic hydroxyl groups excluding tert-OH is 1. The van der Waals surface area contributed by atoms with Crippen LogP contribution in [0, 0.1) is 5.92 Å². The van der Waals surface area contributed by atoms with E-state index in [4.69, 9.17) is 9.47 Å². The molecule has 0 amide bonds. The van der Waals surface area contributed by atoms with Crippen LogP contribution in [0.3, 0.4) is 0 Å². The minimum absolute atomic E-state index is 0.00883. The summed E-state index contributed by atoms with van der Waals surface area (Å²) in [4.78, 5) is 14.4. The fourth-order valence-corrected chi connectivity index (χ4v) is 8.21. The Balaban J connectivity index is 1.57. The van der Waals surface area contributed by atoms with Crippen molar-refractivity contribution in [2.45, 2.75) is 142 Å². The summed E-state index contributed by atoms with van der Waals surface area (Å²) in [5, 5.41) is 46.8. The predicted molar refractivity (Wildman–Crippen MR) is 194 cm³/mol. The average molecular weight is 673 g/mol. The van der Waals surface area contributed by atoms with Crippen LogP contribution in [-0.4, -0.2) is 43.7 Å². The van der Waals surface area contributed by atoms with Crippen LogP contribution in [0.1, 0.15) is 145 Å². The van der Waals surface area contributed by atoms with Crippen LogP contribution < -0.4 is 4.74 Å². The summed E-state index contributed by atoms with van der Waals surface area (Å²) in [5.41, 5.74) is 3.62. The Morgan fingerprint density at radius 1 is 1.00 bits per heavy atom. The van der Waals surface area contributed by atoms with Crippen molar-refractivity contribution in [3.63, 3.8) is 0 Å². The first-order valence-corrected chi connectivity index (χ1v) is 18.2. The second kappa shape index (κ2) is 14.3. The molecule has 2 aromatic carbocycles. The molecule has 5 rings (SSSR count). The Labute approximate surface area is 292 Å². The molecule has 2 unspecified atom stereocenters. The number of aliphatic hydroxyl groups is 1. The van der Waals surface area contributed by atoms with Gasteiger partial charge in [-0.05, 0) is 127 Å². The Hall–Kier alpha value is -3.71. The van der Waals surface area contributed by atoms with Crippen LogP contribution in [-0.2, 0) is 17.6 Å². The van der Waals surface area contributed by atoms with Gasteiger partial charge in [-0.25, -0.2) is 4.79 Å². The number of esters is 1. The third-order valence-corrected chi connectivity index (χ3v) is 11.1. The van der Waals surface area contributed by atoms with Gasteiger partial charge in [-0.1, -0.05) is 56.9 Å². The molecule has 0 bridgehead atoms. The summed E-state index contributed by atoms with van der Waals surface area (Å²) < 4.78 is 12.8. The monoisotopic (exact) mass is 672 g/mol. The number of aromatic hydroxyl groups is 3. The van der Waals surface area contributed by atoms with Crippen LogP contribution in [0.5, 0.6) is 23.0 Å². The molecule has 1 aliphatic heterocycles. The molecule has 1 heterocycles. The maximum Gasteiger partial charge on any atom is 0.342 e. The van der Waals surface area contributed by atoms with E-state index < -0.39 is 23.3 Å². The number of ether oxygens (including phenoxy) is 2. The van der Waals surface area contributed by atoms with Crippen molar-refractivity contribution in [1.82, 2.24) is 0 Å². The highest BCUT2D eigenvalue weighted by atomic mass is 16.6. The average Bonchev–Trinajstić information content (AvgIpc) is 3.01. The van der Waals surface area contributed by atoms with Gasteiger partial charge >= 0.3 is 5.97 Å². The van der Waals surface area contributed by atoms with Crippen molar-refractivity contribution in [2.24, 2.45) is 5.92 Å². The molecule has 4 N–H and O–H groups in total. The normalized spacial score (nSPS) is 24.4. The van der Waals surface area contributed by atoms with Crippen LogP contribution in [0.15, 0.2) is 47.6 Å². The first-order valence-electron chi connectivity index (χ1n) is 18.2. The molecule has 3 aliphatic rings. The lowest BCUT2D eigenvalue weighted by Gasteiger charge is -2.47. The number of benzene rings is 2. The standard InChI is InChI=1S/C42H56O7/c1-9-11-13-15-27-23-32(44)35(29-20-25(5)16-17-28(29)24(3)4)38(45)34(27)40(47)49-42(8)19-18-30-36(39(42)46)37-31(43)21-26(14-12-10-2)22-33(37)48-41(30,6)7/h20-23,28-29,39,43-46H,3,9-19H2,1-2,4-8H3/t28-,29+,39?,42?/m0/s1. The van der Waals surface area contributed by atoms with Crippen molar-refractivity contribution < 1.29 is 34.7 Å². The number of allylic oxidation sites excluding steroid dienone is 3. The van der Waals surface area contributed by atoms with E-state index in [0.29, 0.717) is 47.3 Å². The minimum Gasteiger partial charge on any atom is -0.507 e. The Bertz CT molecular complexity index is 1680. The molecule has 2 aliphatic carbocycles. The van der Waals surface area contributed by atoms with E-state index in [-0.39, 0.29) is 34.6 Å². The van der Waals surface area contributed by atoms with Crippen LogP contribution in [0.2, 0.25) is 0 Å². The lowest BCUT2D eigenvalue weighted by Crippen LogP contribution is -2.50. The molecule has 7 heteroatoms. The highest BCUT2D eigenvalue weighted by Crippen LogP contribution is 2.54. The smallest absolute Gasteiger partial charge is 0.342 e. The van der Waals surface area contributed by atoms with Gasteiger partial charge in [0.05, 0.1) is 5.56 Å². The second-order valence-corrected chi connectivity index (χ2v) is 15.4. The lowest BCUT2D eigenvalue weighted by atomic mass is 9.70. The predicted octanol–water partition coefficient (Wildman–Crippen LogP) is 9.59. The third-order valence-electron chi connectivity index (χ3n) is 11.1. The second-order valence-electron chi connectivity index (χ2n) is 15.4. The zero-order valence-electron chi connectivity index (χ0n) is 30.5. The summed E-state index contributed by atoms with van der Waals surface area (Å²) in [6.45, 7) is 18.0. The van der Waals surface area contributed by atoms with E-state index in [0.717, 1.165) is 73.6 Å². The molecule has 0 saturated heterocycles. The number of phenolic OH excluding ortho intramolecular Hbond substituents is 3. The van der Waals surface area contributed by atoms with Crippen molar-refractivity contribution in [1.29, 1.82) is 0 Å². The fourth-order valence-electron chi connectivity index (χ4n) is 8.21. The number of hydrogen-bond donors (Lipinski definition) is 4. The minimum atomic E-state index is -1.37. The molecular weight excluding hydrogens is 616 g/mol. The number of rotatable bonds is 11. The van der Waals surface area contributed by atoms with Crippen LogP contribution >= 0.6 is 0 Å². The molecule has 4 atom stereocenters. The van der Waals surface area contributed by atoms with Gasteiger partial charge in [0, 0.05) is 17.1 Å². The van der Waals surface area contributed by atoms with Crippen LogP contribution in [0.25, 0.3) is 5.57 Å². The number of carbonyl (C=O) groups is 1. The topological polar surface area (TPSA) is 116 Å². The Kier molecular flexibility index (Phi) is 10.6. The molecule has 0 saturated carbocycles. The van der Waals surface area contributed by atoms with Gasteiger partial charge in [0.1, 0.15) is 45.9 Å². The van der Waals surface area contributed by atoms with Crippen molar-refractivity contribution in [3.05, 3.63) is 75.4 Å². The van der Waals surface area contributed by atoms with Crippen molar-refractivity contribution >= 4 is 11.5 Å². The SMILES string of the molecule is C=C(C)[C@@H]1CCC(C)=C[C@H]1c1c(O)cc(CCCCC)c(C(=O)OC2(C)CCC3=C(c4c(O)cc(CCCC)cc4OC3(C)C)C2O)c1O. The van der Waals surface area contributed by atoms with E-state index in [1.165, 1.54) is 0 Å². The van der Waals surface area contributed by atoms with Gasteiger partial charge in [0.25, 0.3) is 0 Å². The largest absolute Gasteiger partial charge is 0.507 e. The van der Waals surface area contributed by atoms with E-state index in [2.05, 4.69) is 26.5 Å². The number of aryl methyl sites for hydroxylation is 2. The van der Waals surface area contributed by atoms with Gasteiger partial charge in [-0.3, -0.25) is 0 Å². The molecule has 266 valence electrons. The van der Waals surface area contributed by atoms with Gasteiger partial charge in [-0.2, -0.15) is 0 Å². The van der Waals surface area contributed by atoms with E-state index in [1.807, 2.05) is 33.8 Å². The summed E-state index contributed by atoms with van der Waals surface area (Å²) in [7, 11) is 0. The number of unbranched alkanes of at least 4 members (excludes halogenated alkanes) is 3. The molecular formula is C42H56O7. The van der Waals surface area contributed by atoms with Gasteiger partial charge < -0.3 is 29.9 Å². The van der Waals surface area contributed by atoms with Gasteiger partial charge in [0.2, 0.25) is 0 Å².